The van der Waals surface area contributed by atoms with E-state index in [2.05, 4.69) is 13.8 Å². The van der Waals surface area contributed by atoms with Gasteiger partial charge in [0.05, 0.1) is 6.10 Å². The molecule has 3 N–H and O–H groups in total. The van der Waals surface area contributed by atoms with Gasteiger partial charge in [-0.25, -0.2) is 0 Å². The molecule has 1 atom stereocenters. The first-order valence-corrected chi connectivity index (χ1v) is 6.19. The number of aliphatic hydroxyl groups is 1. The van der Waals surface area contributed by atoms with Gasteiger partial charge in [-0.3, -0.25) is 0 Å². The minimum Gasteiger partial charge on any atom is -0.387 e. The van der Waals surface area contributed by atoms with Gasteiger partial charge < -0.3 is 10.8 Å². The van der Waals surface area contributed by atoms with E-state index in [-0.39, 0.29) is 6.54 Å². The van der Waals surface area contributed by atoms with Gasteiger partial charge in [0.2, 0.25) is 0 Å². The van der Waals surface area contributed by atoms with Crippen LogP contribution in [0.15, 0.2) is 18.2 Å². The number of aliphatic hydroxyl groups excluding tert-OH is 1. The fourth-order valence-corrected chi connectivity index (χ4v) is 2.29. The van der Waals surface area contributed by atoms with Crippen LogP contribution in [0.1, 0.15) is 49.8 Å². The Kier molecular flexibility index (Phi) is 5.26. The first kappa shape index (κ1) is 13.5. The fourth-order valence-electron chi connectivity index (χ4n) is 1.95. The van der Waals surface area contributed by atoms with Crippen molar-refractivity contribution < 1.29 is 5.11 Å². The summed E-state index contributed by atoms with van der Waals surface area (Å²) in [5, 5.41) is 10.3. The number of hydrogen-bond donors (Lipinski definition) is 2. The summed E-state index contributed by atoms with van der Waals surface area (Å²) in [6.07, 6.45) is 1.54. The average molecular weight is 242 g/mol. The number of rotatable bonds is 5. The molecule has 0 amide bonds. The van der Waals surface area contributed by atoms with Crippen LogP contribution in [-0.4, -0.2) is 11.7 Å². The Labute approximate surface area is 102 Å². The summed E-state index contributed by atoms with van der Waals surface area (Å²) >= 11 is 6.23. The molecule has 0 heterocycles. The Morgan fingerprint density at radius 1 is 1.31 bits per heavy atom. The zero-order valence-corrected chi connectivity index (χ0v) is 10.7. The van der Waals surface area contributed by atoms with E-state index in [0.29, 0.717) is 5.92 Å². The second-order valence-corrected chi connectivity index (χ2v) is 4.45. The third-order valence-corrected chi connectivity index (χ3v) is 3.39. The van der Waals surface area contributed by atoms with Gasteiger partial charge in [-0.15, -0.1) is 0 Å². The highest BCUT2D eigenvalue weighted by molar-refractivity contribution is 6.31. The molecule has 90 valence electrons. The van der Waals surface area contributed by atoms with Crippen LogP contribution in [0.3, 0.4) is 0 Å². The van der Waals surface area contributed by atoms with E-state index < -0.39 is 6.10 Å². The minimum atomic E-state index is -0.617. The van der Waals surface area contributed by atoms with Crippen molar-refractivity contribution in [3.8, 4) is 0 Å². The lowest BCUT2D eigenvalue weighted by molar-refractivity contribution is 0.186. The first-order chi connectivity index (χ1) is 7.63. The van der Waals surface area contributed by atoms with Gasteiger partial charge in [0.1, 0.15) is 0 Å². The summed E-state index contributed by atoms with van der Waals surface area (Å²) in [5.41, 5.74) is 7.37. The zero-order valence-electron chi connectivity index (χ0n) is 9.91. The fraction of sp³-hybridized carbons (Fsp3) is 0.538. The van der Waals surface area contributed by atoms with Gasteiger partial charge in [-0.1, -0.05) is 37.6 Å². The quantitative estimate of drug-likeness (QED) is 0.832. The van der Waals surface area contributed by atoms with Crippen molar-refractivity contribution in [1.29, 1.82) is 0 Å². The Bertz CT molecular complexity index is 337. The van der Waals surface area contributed by atoms with E-state index >= 15 is 0 Å². The van der Waals surface area contributed by atoms with E-state index in [1.54, 1.807) is 0 Å². The van der Waals surface area contributed by atoms with Crippen molar-refractivity contribution in [1.82, 2.24) is 0 Å². The normalized spacial score (nSPS) is 13.1. The maximum absolute atomic E-state index is 9.61. The highest BCUT2D eigenvalue weighted by Gasteiger charge is 2.13. The molecule has 0 fully saturated rings. The van der Waals surface area contributed by atoms with E-state index in [1.165, 1.54) is 5.56 Å². The van der Waals surface area contributed by atoms with Crippen LogP contribution in [-0.2, 0) is 0 Å². The molecule has 2 nitrogen and oxygen atoms in total. The van der Waals surface area contributed by atoms with Crippen LogP contribution >= 0.6 is 11.6 Å². The monoisotopic (exact) mass is 241 g/mol. The highest BCUT2D eigenvalue weighted by atomic mass is 35.5. The van der Waals surface area contributed by atoms with Crippen LogP contribution in [0.4, 0.5) is 0 Å². The summed E-state index contributed by atoms with van der Waals surface area (Å²) < 4.78 is 0. The predicted molar refractivity (Wildman–Crippen MR) is 68.8 cm³/mol. The Morgan fingerprint density at radius 3 is 2.38 bits per heavy atom. The van der Waals surface area contributed by atoms with Crippen LogP contribution in [0, 0.1) is 0 Å². The Hall–Kier alpha value is -0.570. The van der Waals surface area contributed by atoms with Gasteiger partial charge in [0, 0.05) is 11.6 Å². The van der Waals surface area contributed by atoms with Crippen molar-refractivity contribution in [3.05, 3.63) is 34.3 Å². The van der Waals surface area contributed by atoms with Crippen molar-refractivity contribution in [2.75, 3.05) is 6.54 Å². The van der Waals surface area contributed by atoms with Crippen molar-refractivity contribution in [3.63, 3.8) is 0 Å². The molecule has 0 bridgehead atoms. The molecule has 1 rings (SSSR count). The summed E-state index contributed by atoms with van der Waals surface area (Å²) in [6.45, 7) is 4.54. The topological polar surface area (TPSA) is 46.2 Å². The van der Waals surface area contributed by atoms with Crippen molar-refractivity contribution in [2.45, 2.75) is 38.7 Å². The molecule has 0 aromatic heterocycles. The number of nitrogens with two attached hydrogens (primary N) is 1. The molecular weight excluding hydrogens is 222 g/mol. The molecule has 0 aliphatic carbocycles. The molecule has 1 aromatic carbocycles. The zero-order chi connectivity index (χ0) is 12.1. The lowest BCUT2D eigenvalue weighted by Gasteiger charge is -2.16. The van der Waals surface area contributed by atoms with E-state index in [9.17, 15) is 5.11 Å². The summed E-state index contributed by atoms with van der Waals surface area (Å²) in [4.78, 5) is 0. The number of halogens is 1. The lowest BCUT2D eigenvalue weighted by atomic mass is 9.92. The van der Waals surface area contributed by atoms with Crippen LogP contribution < -0.4 is 5.73 Å². The van der Waals surface area contributed by atoms with Gasteiger partial charge in [-0.2, -0.15) is 0 Å². The Morgan fingerprint density at radius 2 is 1.94 bits per heavy atom. The standard InChI is InChI=1S/C13H20ClNO/c1-3-9(4-2)11-6-5-10(7-12(11)14)13(16)8-15/h5-7,9,13,16H,3-4,8,15H2,1-2H3. The van der Waals surface area contributed by atoms with Gasteiger partial charge in [-0.05, 0) is 36.0 Å². The first-order valence-electron chi connectivity index (χ1n) is 5.81. The SMILES string of the molecule is CCC(CC)c1ccc(C(O)CN)cc1Cl. The molecule has 1 unspecified atom stereocenters. The molecule has 16 heavy (non-hydrogen) atoms. The largest absolute Gasteiger partial charge is 0.387 e. The molecule has 0 radical (unpaired) electrons. The van der Waals surface area contributed by atoms with Gasteiger partial charge in [0.15, 0.2) is 0 Å². The van der Waals surface area contributed by atoms with Crippen LogP contribution in [0.25, 0.3) is 0 Å². The maximum Gasteiger partial charge on any atom is 0.0912 e. The van der Waals surface area contributed by atoms with Crippen molar-refractivity contribution >= 4 is 11.6 Å². The third-order valence-electron chi connectivity index (χ3n) is 3.06. The molecule has 0 aliphatic rings. The lowest BCUT2D eigenvalue weighted by Crippen LogP contribution is -2.11. The van der Waals surface area contributed by atoms with E-state index in [1.807, 2.05) is 18.2 Å². The molecule has 0 aliphatic heterocycles. The third kappa shape index (κ3) is 2.97. The average Bonchev–Trinajstić information content (AvgIpc) is 2.31. The molecule has 1 aromatic rings. The molecular formula is C13H20ClNO. The highest BCUT2D eigenvalue weighted by Crippen LogP contribution is 2.31. The van der Waals surface area contributed by atoms with Crippen LogP contribution in [0.2, 0.25) is 5.02 Å². The van der Waals surface area contributed by atoms with E-state index in [4.69, 9.17) is 17.3 Å². The van der Waals surface area contributed by atoms with E-state index in [0.717, 1.165) is 23.4 Å². The van der Waals surface area contributed by atoms with Crippen LogP contribution in [0.5, 0.6) is 0 Å². The van der Waals surface area contributed by atoms with Gasteiger partial charge in [0.25, 0.3) is 0 Å². The van der Waals surface area contributed by atoms with Crippen molar-refractivity contribution in [2.24, 2.45) is 5.73 Å². The summed E-state index contributed by atoms with van der Waals surface area (Å²) in [7, 11) is 0. The smallest absolute Gasteiger partial charge is 0.0912 e. The predicted octanol–water partition coefficient (Wildman–Crippen LogP) is 3.24. The minimum absolute atomic E-state index is 0.223. The second-order valence-electron chi connectivity index (χ2n) is 4.05. The van der Waals surface area contributed by atoms with Gasteiger partial charge >= 0.3 is 0 Å². The second kappa shape index (κ2) is 6.24. The molecule has 3 heteroatoms. The number of benzene rings is 1. The summed E-state index contributed by atoms with van der Waals surface area (Å²) in [5.74, 6) is 0.497. The molecule has 0 saturated carbocycles. The summed E-state index contributed by atoms with van der Waals surface area (Å²) in [6, 6.07) is 5.75. The maximum atomic E-state index is 9.61. The molecule has 0 saturated heterocycles. The number of hydrogen-bond acceptors (Lipinski definition) is 2. The molecule has 0 spiro atoms. The Balaban J connectivity index is 2.99.